The lowest BCUT2D eigenvalue weighted by atomic mass is 9.97. The molecule has 0 saturated heterocycles. The molecule has 8 nitrogen and oxygen atoms in total. The molecule has 3 aromatic rings. The van der Waals surface area contributed by atoms with Gasteiger partial charge in [0.2, 0.25) is 5.88 Å². The summed E-state index contributed by atoms with van der Waals surface area (Å²) in [6.45, 7) is 5.53. The number of alkyl carbamates (subject to hydrolysis) is 1. The normalized spacial score (nSPS) is 12.9. The number of fused-ring (bicyclic) bond motifs is 1. The van der Waals surface area contributed by atoms with Crippen LogP contribution in [0.4, 0.5) is 10.5 Å². The van der Waals surface area contributed by atoms with Gasteiger partial charge >= 0.3 is 6.09 Å². The number of anilines is 1. The van der Waals surface area contributed by atoms with E-state index >= 15 is 0 Å². The lowest BCUT2D eigenvalue weighted by Crippen LogP contribution is -2.39. The van der Waals surface area contributed by atoms with Gasteiger partial charge in [0.25, 0.3) is 5.91 Å². The molecular formula is C27H26N4O4. The van der Waals surface area contributed by atoms with E-state index in [4.69, 9.17) is 14.5 Å². The number of hydrogen-bond acceptors (Lipinski definition) is 6. The van der Waals surface area contributed by atoms with Gasteiger partial charge in [0.15, 0.2) is 6.61 Å². The number of nitriles is 1. The molecule has 4 rings (SSSR count). The summed E-state index contributed by atoms with van der Waals surface area (Å²) in [6.07, 6.45) is -0.474. The molecule has 2 heterocycles. The molecule has 1 N–H and O–H groups in total. The molecule has 1 aromatic heterocycles. The van der Waals surface area contributed by atoms with Crippen molar-refractivity contribution in [2.45, 2.75) is 32.9 Å². The SMILES string of the molecule is CC(C)(C)OC(=O)NCc1ccc(-c2nc3c(cc2-c2ccccc2)N(CC#N)C(=O)CO3)cc1. The van der Waals surface area contributed by atoms with Crippen LogP contribution in [0.15, 0.2) is 60.7 Å². The molecule has 2 aromatic carbocycles. The number of aromatic nitrogens is 1. The van der Waals surface area contributed by atoms with E-state index in [2.05, 4.69) is 5.32 Å². The Morgan fingerprint density at radius 2 is 1.86 bits per heavy atom. The summed E-state index contributed by atoms with van der Waals surface area (Å²) < 4.78 is 10.9. The van der Waals surface area contributed by atoms with E-state index in [1.54, 1.807) is 0 Å². The van der Waals surface area contributed by atoms with Gasteiger partial charge in [0.05, 0.1) is 11.8 Å². The number of carbonyl (C=O) groups is 2. The van der Waals surface area contributed by atoms with E-state index in [1.807, 2.05) is 87.5 Å². The quantitative estimate of drug-likeness (QED) is 0.543. The number of nitrogens with zero attached hydrogens (tertiary/aromatic N) is 3. The summed E-state index contributed by atoms with van der Waals surface area (Å²) in [5.74, 6) is 0.0275. The van der Waals surface area contributed by atoms with Gasteiger partial charge in [0, 0.05) is 17.7 Å². The standard InChI is InChI=1S/C27H26N4O4/c1-27(2,3)35-26(33)29-16-18-9-11-20(12-10-18)24-21(19-7-5-4-6-8-19)15-22-25(30-24)34-17-23(32)31(22)14-13-28/h4-12,15H,14,16-17H2,1-3H3,(H,29,33). The zero-order valence-corrected chi connectivity index (χ0v) is 19.9. The number of pyridine rings is 1. The predicted molar refractivity (Wildman–Crippen MR) is 132 cm³/mol. The van der Waals surface area contributed by atoms with Crippen LogP contribution in [0.2, 0.25) is 0 Å². The van der Waals surface area contributed by atoms with Crippen LogP contribution >= 0.6 is 0 Å². The fourth-order valence-electron chi connectivity index (χ4n) is 3.70. The number of nitrogens with one attached hydrogen (secondary N) is 1. The van der Waals surface area contributed by atoms with Gasteiger partial charge in [-0.1, -0.05) is 54.6 Å². The highest BCUT2D eigenvalue weighted by atomic mass is 16.6. The van der Waals surface area contributed by atoms with Crippen molar-refractivity contribution in [3.63, 3.8) is 0 Å². The molecule has 1 aliphatic rings. The molecule has 8 heteroatoms. The van der Waals surface area contributed by atoms with Gasteiger partial charge in [0.1, 0.15) is 17.8 Å². The van der Waals surface area contributed by atoms with Crippen LogP contribution in [0.1, 0.15) is 26.3 Å². The highest BCUT2D eigenvalue weighted by Gasteiger charge is 2.28. The van der Waals surface area contributed by atoms with Gasteiger partial charge in [-0.3, -0.25) is 9.69 Å². The van der Waals surface area contributed by atoms with Crippen molar-refractivity contribution in [1.82, 2.24) is 10.3 Å². The van der Waals surface area contributed by atoms with E-state index in [0.29, 0.717) is 23.8 Å². The molecule has 35 heavy (non-hydrogen) atoms. The molecule has 0 aliphatic carbocycles. The van der Waals surface area contributed by atoms with Gasteiger partial charge in [-0.05, 0) is 38.0 Å². The van der Waals surface area contributed by atoms with Gasteiger partial charge in [-0.2, -0.15) is 5.26 Å². The predicted octanol–water partition coefficient (Wildman–Crippen LogP) is 4.69. The Morgan fingerprint density at radius 3 is 2.51 bits per heavy atom. The first-order valence-electron chi connectivity index (χ1n) is 11.2. The third kappa shape index (κ3) is 5.58. The van der Waals surface area contributed by atoms with Crippen molar-refractivity contribution in [2.75, 3.05) is 18.1 Å². The summed E-state index contributed by atoms with van der Waals surface area (Å²) in [5.41, 5.74) is 4.08. The van der Waals surface area contributed by atoms with E-state index in [-0.39, 0.29) is 19.1 Å². The number of amides is 2. The maximum absolute atomic E-state index is 12.4. The first-order chi connectivity index (χ1) is 16.7. The van der Waals surface area contributed by atoms with E-state index in [0.717, 1.165) is 22.3 Å². The van der Waals surface area contributed by atoms with Crippen LogP contribution in [0.25, 0.3) is 22.4 Å². The third-order valence-corrected chi connectivity index (χ3v) is 5.27. The Kier molecular flexibility index (Phi) is 6.69. The molecule has 0 unspecified atom stereocenters. The lowest BCUT2D eigenvalue weighted by molar-refractivity contribution is -0.121. The van der Waals surface area contributed by atoms with Crippen molar-refractivity contribution in [1.29, 1.82) is 5.26 Å². The fraction of sp³-hybridized carbons (Fsp3) is 0.259. The molecule has 0 radical (unpaired) electrons. The monoisotopic (exact) mass is 470 g/mol. The molecule has 0 saturated carbocycles. The fourth-order valence-corrected chi connectivity index (χ4v) is 3.70. The first kappa shape index (κ1) is 23.8. The average Bonchev–Trinajstić information content (AvgIpc) is 2.84. The zero-order chi connectivity index (χ0) is 25.0. The summed E-state index contributed by atoms with van der Waals surface area (Å²) >= 11 is 0. The number of ether oxygens (including phenoxy) is 2. The van der Waals surface area contributed by atoms with Crippen molar-refractivity contribution in [3.8, 4) is 34.3 Å². The van der Waals surface area contributed by atoms with Crippen molar-refractivity contribution >= 4 is 17.7 Å². The molecule has 1 aliphatic heterocycles. The minimum absolute atomic E-state index is 0.0796. The van der Waals surface area contributed by atoms with E-state index in [1.165, 1.54) is 4.90 Å². The van der Waals surface area contributed by atoms with E-state index in [9.17, 15) is 14.9 Å². The first-order valence-corrected chi connectivity index (χ1v) is 11.2. The number of rotatable bonds is 5. The lowest BCUT2D eigenvalue weighted by Gasteiger charge is -2.28. The minimum Gasteiger partial charge on any atom is -0.466 e. The van der Waals surface area contributed by atoms with Crippen LogP contribution in [-0.2, 0) is 16.1 Å². The Labute approximate surface area is 204 Å². The second kappa shape index (κ2) is 9.85. The number of hydrogen-bond donors (Lipinski definition) is 1. The van der Waals surface area contributed by atoms with Crippen LogP contribution < -0.4 is 15.0 Å². The van der Waals surface area contributed by atoms with Crippen molar-refractivity contribution < 1.29 is 19.1 Å². The Balaban J connectivity index is 1.67. The molecule has 0 bridgehead atoms. The Hall–Kier alpha value is -4.38. The van der Waals surface area contributed by atoms with Gasteiger partial charge < -0.3 is 14.8 Å². The van der Waals surface area contributed by atoms with Crippen LogP contribution in [0.3, 0.4) is 0 Å². The summed E-state index contributed by atoms with van der Waals surface area (Å²) in [4.78, 5) is 30.5. The smallest absolute Gasteiger partial charge is 0.407 e. The summed E-state index contributed by atoms with van der Waals surface area (Å²) in [7, 11) is 0. The van der Waals surface area contributed by atoms with Crippen LogP contribution in [-0.4, -0.2) is 35.7 Å². The van der Waals surface area contributed by atoms with Crippen molar-refractivity contribution in [3.05, 3.63) is 66.2 Å². The number of benzene rings is 2. The average molecular weight is 471 g/mol. The Bertz CT molecular complexity index is 1280. The maximum atomic E-state index is 12.4. The second-order valence-corrected chi connectivity index (χ2v) is 9.05. The zero-order valence-electron chi connectivity index (χ0n) is 19.9. The summed E-state index contributed by atoms with van der Waals surface area (Å²) in [6, 6.07) is 21.3. The molecule has 0 spiro atoms. The highest BCUT2D eigenvalue weighted by molar-refractivity contribution is 5.99. The maximum Gasteiger partial charge on any atom is 0.407 e. The molecule has 2 amide bonds. The second-order valence-electron chi connectivity index (χ2n) is 9.05. The Morgan fingerprint density at radius 1 is 1.14 bits per heavy atom. The van der Waals surface area contributed by atoms with Gasteiger partial charge in [-0.15, -0.1) is 0 Å². The largest absolute Gasteiger partial charge is 0.466 e. The van der Waals surface area contributed by atoms with Crippen molar-refractivity contribution in [2.24, 2.45) is 0 Å². The number of carbonyl (C=O) groups excluding carboxylic acids is 2. The third-order valence-electron chi connectivity index (χ3n) is 5.27. The van der Waals surface area contributed by atoms with Crippen LogP contribution in [0, 0.1) is 11.3 Å². The molecule has 0 atom stereocenters. The minimum atomic E-state index is -0.560. The molecule has 178 valence electrons. The summed E-state index contributed by atoms with van der Waals surface area (Å²) in [5, 5.41) is 12.0. The van der Waals surface area contributed by atoms with Gasteiger partial charge in [-0.25, -0.2) is 9.78 Å². The van der Waals surface area contributed by atoms with Crippen LogP contribution in [0.5, 0.6) is 5.88 Å². The topological polar surface area (TPSA) is 105 Å². The van der Waals surface area contributed by atoms with E-state index < -0.39 is 11.7 Å². The molecule has 0 fully saturated rings. The molecular weight excluding hydrogens is 444 g/mol. The highest BCUT2D eigenvalue weighted by Crippen LogP contribution is 2.40.